The summed E-state index contributed by atoms with van der Waals surface area (Å²) in [6.45, 7) is 7.30. The van der Waals surface area contributed by atoms with Gasteiger partial charge in [0.05, 0.1) is 25.5 Å². The number of halogens is 4. The van der Waals surface area contributed by atoms with E-state index in [9.17, 15) is 45.2 Å². The van der Waals surface area contributed by atoms with Crippen LogP contribution in [0.2, 0.25) is 0 Å². The number of rotatable bonds is 9. The topological polar surface area (TPSA) is 206 Å². The van der Waals surface area contributed by atoms with Crippen molar-refractivity contribution < 1.29 is 68.4 Å². The number of ether oxygens (including phenoxy) is 4. The Labute approximate surface area is 356 Å². The number of fused-ring (bicyclic) bond motifs is 3. The number of carbonyl (C=O) groups is 4. The largest absolute Gasteiger partial charge is 0.494 e. The van der Waals surface area contributed by atoms with Crippen LogP contribution in [0, 0.1) is 23.6 Å². The summed E-state index contributed by atoms with van der Waals surface area (Å²) in [6.07, 6.45) is 1.89. The fourth-order valence-electron chi connectivity index (χ4n) is 7.58. The maximum atomic E-state index is 14.8. The molecule has 0 unspecified atom stereocenters. The van der Waals surface area contributed by atoms with E-state index in [-0.39, 0.29) is 59.4 Å². The molecule has 4 amide bonds. The summed E-state index contributed by atoms with van der Waals surface area (Å²) in [5.74, 6) is -1.79. The molecule has 344 valence electrons. The molecule has 1 aromatic heterocycles. The van der Waals surface area contributed by atoms with Crippen LogP contribution in [0.3, 0.4) is 0 Å². The monoisotopic (exact) mass is 891 g/mol. The minimum Gasteiger partial charge on any atom is -0.494 e. The van der Waals surface area contributed by atoms with Gasteiger partial charge in [0.2, 0.25) is 39.2 Å². The van der Waals surface area contributed by atoms with Gasteiger partial charge in [-0.2, -0.15) is 18.2 Å². The summed E-state index contributed by atoms with van der Waals surface area (Å²) in [4.78, 5) is 57.9. The number of amides is 4. The summed E-state index contributed by atoms with van der Waals surface area (Å²) in [5.41, 5.74) is 0.425. The highest BCUT2D eigenvalue weighted by Crippen LogP contribution is 2.48. The van der Waals surface area contributed by atoms with Crippen molar-refractivity contribution in [3.05, 3.63) is 36.2 Å². The van der Waals surface area contributed by atoms with Crippen LogP contribution in [0.1, 0.15) is 96.7 Å². The van der Waals surface area contributed by atoms with E-state index in [1.165, 1.54) is 31.3 Å². The lowest BCUT2D eigenvalue weighted by atomic mass is 9.88. The highest BCUT2D eigenvalue weighted by molar-refractivity contribution is 7.91. The summed E-state index contributed by atoms with van der Waals surface area (Å²) in [6, 6.07) is 3.39. The number of allylic oxidation sites excluding steroid dienone is 1. The Morgan fingerprint density at radius 1 is 1.11 bits per heavy atom. The van der Waals surface area contributed by atoms with Gasteiger partial charge in [0.25, 0.3) is 5.91 Å². The van der Waals surface area contributed by atoms with Gasteiger partial charge < -0.3 is 34.9 Å². The van der Waals surface area contributed by atoms with Crippen molar-refractivity contribution >= 4 is 44.6 Å². The summed E-state index contributed by atoms with van der Waals surface area (Å²) in [5, 5.41) is 3.81. The number of nitrogens with zero attached hydrogens (tertiary/aromatic N) is 2. The molecule has 1 aromatic carbocycles. The lowest BCUT2D eigenvalue weighted by Crippen LogP contribution is -2.57. The maximum Gasteiger partial charge on any atom is 0.427 e. The highest BCUT2D eigenvalue weighted by Gasteiger charge is 2.63. The third kappa shape index (κ3) is 10.6. The predicted molar refractivity (Wildman–Crippen MR) is 221 cm³/mol. The van der Waals surface area contributed by atoms with Gasteiger partial charge in [-0.3, -0.25) is 19.1 Å². The van der Waals surface area contributed by atoms with Crippen LogP contribution < -0.4 is 30.0 Å². The van der Waals surface area contributed by atoms with E-state index < -0.39 is 73.9 Å². The highest BCUT2D eigenvalue weighted by atomic mass is 32.2. The Hall–Kier alpha value is -4.88. The van der Waals surface area contributed by atoms with Gasteiger partial charge in [-0.1, -0.05) is 32.4 Å². The average molecular weight is 892 g/mol. The smallest absolute Gasteiger partial charge is 0.427 e. The number of benzene rings is 1. The number of methoxy groups -OCH3 is 2. The van der Waals surface area contributed by atoms with Crippen LogP contribution in [0.15, 0.2) is 30.4 Å². The molecule has 2 aliphatic carbocycles. The van der Waals surface area contributed by atoms with E-state index in [1.807, 2.05) is 12.2 Å². The Kier molecular flexibility index (Phi) is 13.8. The molecule has 2 saturated carbocycles. The van der Waals surface area contributed by atoms with Crippen molar-refractivity contribution in [2.75, 3.05) is 20.8 Å². The van der Waals surface area contributed by atoms with Gasteiger partial charge in [-0.25, -0.2) is 17.6 Å². The summed E-state index contributed by atoms with van der Waals surface area (Å²) < 4.78 is 98.5. The number of nitrogens with two attached hydrogens (primary N) is 1. The van der Waals surface area contributed by atoms with Crippen molar-refractivity contribution in [2.24, 2.45) is 23.5 Å². The van der Waals surface area contributed by atoms with Crippen molar-refractivity contribution in [2.45, 2.75) is 127 Å². The molecule has 2 aliphatic heterocycles. The Morgan fingerprint density at radius 3 is 2.38 bits per heavy atom. The molecule has 3 fully saturated rings. The van der Waals surface area contributed by atoms with E-state index in [0.717, 1.165) is 39.5 Å². The van der Waals surface area contributed by atoms with Crippen LogP contribution in [0.25, 0.3) is 10.8 Å². The van der Waals surface area contributed by atoms with Gasteiger partial charge in [0, 0.05) is 34.5 Å². The van der Waals surface area contributed by atoms with Crippen molar-refractivity contribution in [3.8, 4) is 17.5 Å². The zero-order valence-electron chi connectivity index (χ0n) is 35.3. The number of nitrogens with one attached hydrogen (secondary N) is 2. The number of primary amides is 1. The van der Waals surface area contributed by atoms with Crippen molar-refractivity contribution in [1.82, 2.24) is 19.9 Å². The molecule has 3 heterocycles. The number of aromatic nitrogens is 1. The van der Waals surface area contributed by atoms with E-state index >= 15 is 0 Å². The van der Waals surface area contributed by atoms with E-state index in [4.69, 9.17) is 14.2 Å². The van der Waals surface area contributed by atoms with Gasteiger partial charge >= 0.3 is 12.3 Å². The molecule has 4 N–H and O–H groups in total. The molecule has 0 bridgehead atoms. The molecule has 0 radical (unpaired) electrons. The molecule has 1 saturated heterocycles. The van der Waals surface area contributed by atoms with Crippen LogP contribution in [0.5, 0.6) is 17.5 Å². The van der Waals surface area contributed by atoms with Gasteiger partial charge in [-0.05, 0) is 88.7 Å². The first-order valence-electron chi connectivity index (χ1n) is 20.2. The minimum absolute atomic E-state index is 0. The molecule has 2 aromatic rings. The molecule has 4 aliphatic rings. The standard InChI is InChI=1S/C36H47FN4O8S.C5H8F3NO2.3H2/c1-6-22-13-21(2)9-7-8-10-24-19-36(24,34(44)40-50(45,46)35(3)11-12-35)39-32(43)28-17-25(20-41(28)31(42)14-22)49-33-26-18-27(37)29(47-4)15-23(26)16-30(38-33)48-5;1-4(2,5(6,7)8)11-3(9)10;;;/h8,10,15-16,18,21-22,24-25,28H,6-7,9,11-14,17,19-20H2,1-5H3,(H,39,43)(H,40,44);1-2H3,(H2,9,10);3*1H/b10-8-;;;;/t21-,22-,24-,25-,28+,36-;;;;/m1..../s1. The number of hydrogen-bond acceptors (Lipinski definition) is 11. The molecule has 61 heavy (non-hydrogen) atoms. The fraction of sp³-hybridized carbons (Fsp3) is 0.634. The Morgan fingerprint density at radius 2 is 1.80 bits per heavy atom. The first-order chi connectivity index (χ1) is 28.4. The second kappa shape index (κ2) is 17.8. The second-order valence-corrected chi connectivity index (χ2v) is 19.3. The third-order valence-electron chi connectivity index (χ3n) is 12.0. The van der Waals surface area contributed by atoms with Crippen molar-refractivity contribution in [3.63, 3.8) is 0 Å². The molecule has 6 atom stereocenters. The first kappa shape index (κ1) is 47.2. The van der Waals surface area contributed by atoms with E-state index in [1.54, 1.807) is 13.0 Å². The Balaban J connectivity index is 0.000000892. The zero-order valence-corrected chi connectivity index (χ0v) is 36.1. The molecular weight excluding hydrogens is 831 g/mol. The fourth-order valence-corrected chi connectivity index (χ4v) is 8.89. The van der Waals surface area contributed by atoms with Crippen LogP contribution in [-0.4, -0.2) is 97.1 Å². The SMILES string of the molecule is CC(C)(OC(N)=O)C(F)(F)F.CC[C@H]1CC(=O)N2C[C@H](Oc3nc(OC)cc4cc(OC)c(F)cc34)C[C@H]2C(=O)N[C@]2(C(=O)NS(=O)(=O)C3(C)CC3)C[C@H]2/C=C\CC[C@@H](C)C1.[HH].[HH].[HH]. The quantitative estimate of drug-likeness (QED) is 0.182. The van der Waals surface area contributed by atoms with Gasteiger partial charge in [0.15, 0.2) is 11.6 Å². The van der Waals surface area contributed by atoms with Crippen molar-refractivity contribution in [1.29, 1.82) is 0 Å². The number of alkyl halides is 3. The van der Waals surface area contributed by atoms with Crippen LogP contribution >= 0.6 is 0 Å². The first-order valence-corrected chi connectivity index (χ1v) is 21.7. The lowest BCUT2D eigenvalue weighted by Gasteiger charge is -2.28. The van der Waals surface area contributed by atoms with Gasteiger partial charge in [0.1, 0.15) is 17.7 Å². The molecule has 6 rings (SSSR count). The van der Waals surface area contributed by atoms with Gasteiger partial charge in [-0.15, -0.1) is 0 Å². The molecule has 0 spiro atoms. The molecule has 15 nitrogen and oxygen atoms in total. The average Bonchev–Trinajstić information content (AvgIpc) is 4.05. The number of sulfonamides is 1. The molecular formula is C41H61F4N5O10S. The van der Waals surface area contributed by atoms with Crippen LogP contribution in [0.4, 0.5) is 22.4 Å². The zero-order chi connectivity index (χ0) is 45.3. The Bertz CT molecular complexity index is 2170. The number of carbonyl (C=O) groups excluding carboxylic acids is 4. The minimum atomic E-state index is -4.60. The van der Waals surface area contributed by atoms with Crippen LogP contribution in [-0.2, 0) is 29.1 Å². The number of hydrogen-bond donors (Lipinski definition) is 3. The molecule has 20 heteroatoms. The lowest BCUT2D eigenvalue weighted by molar-refractivity contribution is -0.243. The maximum absolute atomic E-state index is 14.8. The summed E-state index contributed by atoms with van der Waals surface area (Å²) in [7, 11) is -1.15. The normalized spacial score (nSPS) is 27.1. The predicted octanol–water partition coefficient (Wildman–Crippen LogP) is 6.57. The van der Waals surface area contributed by atoms with E-state index in [0.29, 0.717) is 29.5 Å². The third-order valence-corrected chi connectivity index (χ3v) is 14.2. The summed E-state index contributed by atoms with van der Waals surface area (Å²) >= 11 is 0. The second-order valence-electron chi connectivity index (χ2n) is 17.1. The van der Waals surface area contributed by atoms with E-state index in [2.05, 4.69) is 39.3 Å². The number of pyridine rings is 1.